The molecule has 0 fully saturated rings. The lowest BCUT2D eigenvalue weighted by atomic mass is 9.83. The second-order valence-corrected chi connectivity index (χ2v) is 6.14. The van der Waals surface area contributed by atoms with Gasteiger partial charge in [-0.2, -0.15) is 0 Å². The van der Waals surface area contributed by atoms with Crippen LogP contribution in [0.4, 0.5) is 0 Å². The SMILES string of the molecule is CCOC(=O)CC(C)(C)CCc1ccc(Cl)c(C)c1. The molecule has 1 aromatic carbocycles. The van der Waals surface area contributed by atoms with Crippen molar-refractivity contribution in [1.29, 1.82) is 0 Å². The van der Waals surface area contributed by atoms with Crippen molar-refractivity contribution in [2.75, 3.05) is 6.61 Å². The molecular weight excluding hydrogens is 260 g/mol. The van der Waals surface area contributed by atoms with Crippen molar-refractivity contribution in [2.45, 2.75) is 47.0 Å². The van der Waals surface area contributed by atoms with Gasteiger partial charge in [0.05, 0.1) is 13.0 Å². The lowest BCUT2D eigenvalue weighted by molar-refractivity contribution is -0.145. The molecule has 19 heavy (non-hydrogen) atoms. The van der Waals surface area contributed by atoms with Crippen LogP contribution in [0.2, 0.25) is 5.02 Å². The van der Waals surface area contributed by atoms with Gasteiger partial charge in [0, 0.05) is 5.02 Å². The van der Waals surface area contributed by atoms with Gasteiger partial charge in [0.25, 0.3) is 0 Å². The maximum atomic E-state index is 11.5. The first kappa shape index (κ1) is 16.0. The van der Waals surface area contributed by atoms with Gasteiger partial charge < -0.3 is 4.74 Å². The molecule has 0 spiro atoms. The van der Waals surface area contributed by atoms with Crippen molar-refractivity contribution in [3.8, 4) is 0 Å². The minimum Gasteiger partial charge on any atom is -0.466 e. The summed E-state index contributed by atoms with van der Waals surface area (Å²) in [6.45, 7) is 8.50. The maximum Gasteiger partial charge on any atom is 0.306 e. The van der Waals surface area contributed by atoms with Crippen molar-refractivity contribution in [1.82, 2.24) is 0 Å². The standard InChI is InChI=1S/C16H23ClO2/c1-5-19-15(18)11-16(3,4)9-8-13-6-7-14(17)12(2)10-13/h6-7,10H,5,8-9,11H2,1-4H3. The van der Waals surface area contributed by atoms with E-state index in [4.69, 9.17) is 16.3 Å². The summed E-state index contributed by atoms with van der Waals surface area (Å²) in [6.07, 6.45) is 2.37. The first-order valence-corrected chi connectivity index (χ1v) is 7.12. The highest BCUT2D eigenvalue weighted by molar-refractivity contribution is 6.31. The van der Waals surface area contributed by atoms with Gasteiger partial charge in [-0.25, -0.2) is 0 Å². The summed E-state index contributed by atoms with van der Waals surface area (Å²) in [4.78, 5) is 11.5. The third kappa shape index (κ3) is 5.65. The molecule has 0 aromatic heterocycles. The number of carbonyl (C=O) groups excluding carboxylic acids is 1. The average molecular weight is 283 g/mol. The van der Waals surface area contributed by atoms with Crippen LogP contribution in [0, 0.1) is 12.3 Å². The van der Waals surface area contributed by atoms with Crippen LogP contribution in [-0.2, 0) is 16.0 Å². The summed E-state index contributed by atoms with van der Waals surface area (Å²) in [6, 6.07) is 6.10. The van der Waals surface area contributed by atoms with E-state index in [1.165, 1.54) is 5.56 Å². The molecule has 0 aliphatic carbocycles. The monoisotopic (exact) mass is 282 g/mol. The summed E-state index contributed by atoms with van der Waals surface area (Å²) in [5.41, 5.74) is 2.32. The number of rotatable bonds is 6. The van der Waals surface area contributed by atoms with Crippen LogP contribution >= 0.6 is 11.6 Å². The second kappa shape index (κ2) is 6.95. The quantitative estimate of drug-likeness (QED) is 0.715. The zero-order valence-corrected chi connectivity index (χ0v) is 13.0. The molecule has 0 heterocycles. The highest BCUT2D eigenvalue weighted by Gasteiger charge is 2.22. The van der Waals surface area contributed by atoms with Gasteiger partial charge >= 0.3 is 5.97 Å². The third-order valence-corrected chi connectivity index (χ3v) is 3.67. The summed E-state index contributed by atoms with van der Waals surface area (Å²) in [5.74, 6) is -0.111. The minimum atomic E-state index is -0.111. The summed E-state index contributed by atoms with van der Waals surface area (Å²) < 4.78 is 5.01. The van der Waals surface area contributed by atoms with E-state index in [1.807, 2.05) is 19.9 Å². The minimum absolute atomic E-state index is 0.0419. The molecule has 0 saturated heterocycles. The number of aryl methyl sites for hydroxylation is 2. The average Bonchev–Trinajstić information content (AvgIpc) is 2.30. The number of ether oxygens (including phenoxy) is 1. The molecule has 1 aromatic rings. The molecule has 0 atom stereocenters. The number of hydrogen-bond acceptors (Lipinski definition) is 2. The largest absolute Gasteiger partial charge is 0.466 e. The normalized spacial score (nSPS) is 11.4. The van der Waals surface area contributed by atoms with E-state index < -0.39 is 0 Å². The highest BCUT2D eigenvalue weighted by atomic mass is 35.5. The van der Waals surface area contributed by atoms with Crippen molar-refractivity contribution >= 4 is 17.6 Å². The van der Waals surface area contributed by atoms with Gasteiger partial charge in [0.1, 0.15) is 0 Å². The van der Waals surface area contributed by atoms with Crippen LogP contribution in [0.25, 0.3) is 0 Å². The Balaban J connectivity index is 2.54. The number of carbonyl (C=O) groups is 1. The third-order valence-electron chi connectivity index (χ3n) is 3.24. The van der Waals surface area contributed by atoms with Crippen LogP contribution < -0.4 is 0 Å². The van der Waals surface area contributed by atoms with Crippen LogP contribution in [0.1, 0.15) is 44.7 Å². The molecule has 0 aliphatic rings. The Bertz CT molecular complexity index is 438. The van der Waals surface area contributed by atoms with E-state index in [-0.39, 0.29) is 11.4 Å². The molecule has 0 aliphatic heterocycles. The van der Waals surface area contributed by atoms with E-state index in [0.717, 1.165) is 23.4 Å². The number of esters is 1. The van der Waals surface area contributed by atoms with Crippen LogP contribution in [0.15, 0.2) is 18.2 Å². The van der Waals surface area contributed by atoms with E-state index in [2.05, 4.69) is 26.0 Å². The molecule has 3 heteroatoms. The molecule has 2 nitrogen and oxygen atoms in total. The number of benzene rings is 1. The summed E-state index contributed by atoms with van der Waals surface area (Å²) in [7, 11) is 0. The van der Waals surface area contributed by atoms with Gasteiger partial charge in [-0.3, -0.25) is 4.79 Å². The van der Waals surface area contributed by atoms with Gasteiger partial charge in [-0.1, -0.05) is 37.6 Å². The van der Waals surface area contributed by atoms with E-state index >= 15 is 0 Å². The van der Waals surface area contributed by atoms with E-state index in [1.54, 1.807) is 0 Å². The van der Waals surface area contributed by atoms with Crippen molar-refractivity contribution in [3.05, 3.63) is 34.3 Å². The Morgan fingerprint density at radius 3 is 2.63 bits per heavy atom. The smallest absolute Gasteiger partial charge is 0.306 e. The first-order valence-electron chi connectivity index (χ1n) is 6.75. The molecule has 0 saturated carbocycles. The Labute approximate surface area is 121 Å². The van der Waals surface area contributed by atoms with Gasteiger partial charge in [0.15, 0.2) is 0 Å². The lowest BCUT2D eigenvalue weighted by Crippen LogP contribution is -2.19. The van der Waals surface area contributed by atoms with Crippen LogP contribution in [0.5, 0.6) is 0 Å². The number of halogens is 1. The second-order valence-electron chi connectivity index (χ2n) is 5.73. The van der Waals surface area contributed by atoms with Crippen molar-refractivity contribution < 1.29 is 9.53 Å². The Hall–Kier alpha value is -1.02. The van der Waals surface area contributed by atoms with E-state index in [9.17, 15) is 4.79 Å². The van der Waals surface area contributed by atoms with Crippen LogP contribution in [0.3, 0.4) is 0 Å². The fourth-order valence-corrected chi connectivity index (χ4v) is 2.15. The molecule has 0 bridgehead atoms. The predicted molar refractivity (Wildman–Crippen MR) is 79.5 cm³/mol. The topological polar surface area (TPSA) is 26.3 Å². The Morgan fingerprint density at radius 1 is 1.37 bits per heavy atom. The molecular formula is C16H23ClO2. The molecule has 0 radical (unpaired) electrons. The molecule has 0 N–H and O–H groups in total. The van der Waals surface area contributed by atoms with Gasteiger partial charge in [0.2, 0.25) is 0 Å². The highest BCUT2D eigenvalue weighted by Crippen LogP contribution is 2.28. The van der Waals surface area contributed by atoms with Gasteiger partial charge in [-0.15, -0.1) is 0 Å². The fourth-order valence-electron chi connectivity index (χ4n) is 2.04. The van der Waals surface area contributed by atoms with Crippen molar-refractivity contribution in [2.24, 2.45) is 5.41 Å². The lowest BCUT2D eigenvalue weighted by Gasteiger charge is -2.23. The van der Waals surface area contributed by atoms with Gasteiger partial charge in [-0.05, 0) is 49.3 Å². The maximum absolute atomic E-state index is 11.5. The number of hydrogen-bond donors (Lipinski definition) is 0. The Kier molecular flexibility index (Phi) is 5.86. The van der Waals surface area contributed by atoms with E-state index in [0.29, 0.717) is 13.0 Å². The Morgan fingerprint density at radius 2 is 2.05 bits per heavy atom. The zero-order chi connectivity index (χ0) is 14.5. The van der Waals surface area contributed by atoms with Crippen molar-refractivity contribution in [3.63, 3.8) is 0 Å². The molecule has 0 unspecified atom stereocenters. The molecule has 0 amide bonds. The molecule has 106 valence electrons. The fraction of sp³-hybridized carbons (Fsp3) is 0.562. The zero-order valence-electron chi connectivity index (χ0n) is 12.3. The molecule has 1 rings (SSSR count). The predicted octanol–water partition coefficient (Wildman–Crippen LogP) is 4.56. The van der Waals surface area contributed by atoms with Crippen LogP contribution in [-0.4, -0.2) is 12.6 Å². The summed E-state index contributed by atoms with van der Waals surface area (Å²) >= 11 is 6.01. The first-order chi connectivity index (χ1) is 8.84. The summed E-state index contributed by atoms with van der Waals surface area (Å²) in [5, 5.41) is 0.800.